The quantitative estimate of drug-likeness (QED) is 0.184. The molecule has 48 heavy (non-hydrogen) atoms. The van der Waals surface area contributed by atoms with Crippen LogP contribution in [-0.2, 0) is 6.42 Å². The molecule has 1 aliphatic rings. The lowest BCUT2D eigenvalue weighted by molar-refractivity contribution is -0.219. The molecule has 1 aliphatic heterocycles. The van der Waals surface area contributed by atoms with Crippen LogP contribution in [0.3, 0.4) is 0 Å². The minimum atomic E-state index is -4.42. The number of hydrogen-bond acceptors (Lipinski definition) is 9. The largest absolute Gasteiger partial charge is 0.476 e. The van der Waals surface area contributed by atoms with Gasteiger partial charge >= 0.3 is 6.18 Å². The zero-order chi connectivity index (χ0) is 35.0. The number of hydrazine groups is 1. The Morgan fingerprint density at radius 3 is 2.56 bits per heavy atom. The van der Waals surface area contributed by atoms with Crippen molar-refractivity contribution < 1.29 is 23.0 Å². The standard InChI is InChI=1S/C35H48F3N7O2S/c1-7-39-32(45-21-18-30(41-45)47-25-34(4,5)35(36,37)38)31-28-16-12-11-15-26(28)14-10-8-9-13-20-44(23-33(2,3)24-46)29-22-27(17-19-40-29)48-42-43(31)6/h7,11-12,15-19,21-22,42,46H,8-10,13-14,20,23-25H2,1-6H3/b32-31+,39-7-. The minimum absolute atomic E-state index is 0.0708. The number of aromatic nitrogens is 3. The predicted octanol–water partition coefficient (Wildman–Crippen LogP) is 7.70. The Morgan fingerprint density at radius 2 is 1.83 bits per heavy atom. The average Bonchev–Trinajstić information content (AvgIpc) is 3.52. The second kappa shape index (κ2) is 16.2. The van der Waals surface area contributed by atoms with E-state index >= 15 is 0 Å². The molecule has 0 spiro atoms. The highest BCUT2D eigenvalue weighted by Crippen LogP contribution is 2.38. The monoisotopic (exact) mass is 687 g/mol. The van der Waals surface area contributed by atoms with Gasteiger partial charge in [0.2, 0.25) is 5.88 Å². The highest BCUT2D eigenvalue weighted by Gasteiger charge is 2.48. The molecule has 3 heterocycles. The number of aliphatic hydroxyl groups excluding tert-OH is 1. The number of aliphatic hydroxyl groups is 1. The second-order valence-corrected chi connectivity index (χ2v) is 14.4. The van der Waals surface area contributed by atoms with Crippen molar-refractivity contribution >= 4 is 35.5 Å². The van der Waals surface area contributed by atoms with E-state index in [9.17, 15) is 18.3 Å². The number of halogens is 3. The summed E-state index contributed by atoms with van der Waals surface area (Å²) in [7, 11) is 1.90. The Kier molecular flexibility index (Phi) is 12.6. The minimum Gasteiger partial charge on any atom is -0.476 e. The van der Waals surface area contributed by atoms with Crippen molar-refractivity contribution in [2.75, 3.05) is 38.3 Å². The van der Waals surface area contributed by atoms with E-state index in [1.165, 1.54) is 16.6 Å². The van der Waals surface area contributed by atoms with Crippen molar-refractivity contribution in [1.29, 1.82) is 0 Å². The normalized spacial score (nSPS) is 17.0. The smallest absolute Gasteiger partial charge is 0.397 e. The lowest BCUT2D eigenvalue weighted by atomic mass is 9.94. The van der Waals surface area contributed by atoms with Crippen LogP contribution in [0.2, 0.25) is 0 Å². The van der Waals surface area contributed by atoms with Gasteiger partial charge in [-0.2, -0.15) is 18.0 Å². The SMILES string of the molecule is C/C=N\C(=C1\c2ccccc2CCCCCCN(CC(C)(C)CO)c2cc(ccn2)SNN1C)n1ccc(OCC(C)(C)C(F)(F)F)n1. The summed E-state index contributed by atoms with van der Waals surface area (Å²) in [6.45, 7) is 9.17. The fourth-order valence-electron chi connectivity index (χ4n) is 5.23. The summed E-state index contributed by atoms with van der Waals surface area (Å²) in [6, 6.07) is 13.7. The number of alkyl halides is 3. The maximum Gasteiger partial charge on any atom is 0.397 e. The Labute approximate surface area is 286 Å². The number of benzene rings is 1. The molecule has 0 amide bonds. The van der Waals surface area contributed by atoms with Crippen LogP contribution in [-0.4, -0.2) is 70.6 Å². The molecule has 2 aromatic heterocycles. The van der Waals surface area contributed by atoms with Crippen LogP contribution < -0.4 is 14.5 Å². The number of aliphatic imine (C=N–C) groups is 1. The first kappa shape index (κ1) is 37.3. The van der Waals surface area contributed by atoms with Crippen molar-refractivity contribution in [3.63, 3.8) is 0 Å². The summed E-state index contributed by atoms with van der Waals surface area (Å²) in [4.78, 5) is 16.1. The molecule has 0 unspecified atom stereocenters. The third-order valence-corrected chi connectivity index (χ3v) is 9.07. The Hall–Kier alpha value is -3.55. The van der Waals surface area contributed by atoms with E-state index < -0.39 is 18.2 Å². The van der Waals surface area contributed by atoms with Crippen LogP contribution in [0.4, 0.5) is 19.0 Å². The Balaban J connectivity index is 1.74. The van der Waals surface area contributed by atoms with Crippen molar-refractivity contribution in [1.82, 2.24) is 24.6 Å². The number of pyridine rings is 1. The summed E-state index contributed by atoms with van der Waals surface area (Å²) in [5.74, 6) is 1.40. The van der Waals surface area contributed by atoms with Crippen LogP contribution in [0.5, 0.6) is 5.88 Å². The molecular formula is C35H48F3N7O2S. The van der Waals surface area contributed by atoms with Crippen molar-refractivity contribution in [2.24, 2.45) is 15.8 Å². The van der Waals surface area contributed by atoms with Gasteiger partial charge in [0, 0.05) is 67.3 Å². The summed E-state index contributed by atoms with van der Waals surface area (Å²) >= 11 is 1.42. The molecule has 0 fully saturated rings. The molecule has 1 aromatic carbocycles. The zero-order valence-corrected chi connectivity index (χ0v) is 29.5. The lowest BCUT2D eigenvalue weighted by Gasteiger charge is -2.32. The number of hydrogen-bond donors (Lipinski definition) is 2. The van der Waals surface area contributed by atoms with E-state index in [0.717, 1.165) is 80.0 Å². The van der Waals surface area contributed by atoms with Gasteiger partial charge in [-0.1, -0.05) is 51.0 Å². The number of aryl methyl sites for hydroxylation is 1. The molecule has 2 N–H and O–H groups in total. The number of nitrogens with zero attached hydrogens (tertiary/aromatic N) is 6. The number of nitrogens with one attached hydrogen (secondary N) is 1. The molecule has 0 aliphatic carbocycles. The van der Waals surface area contributed by atoms with E-state index in [-0.39, 0.29) is 17.9 Å². The van der Waals surface area contributed by atoms with Crippen molar-refractivity contribution in [3.05, 3.63) is 66.0 Å². The van der Waals surface area contributed by atoms with E-state index in [4.69, 9.17) is 9.73 Å². The summed E-state index contributed by atoms with van der Waals surface area (Å²) in [5, 5.41) is 16.4. The molecule has 262 valence electrons. The van der Waals surface area contributed by atoms with Crippen molar-refractivity contribution in [3.8, 4) is 5.88 Å². The number of fused-ring (bicyclic) bond motifs is 3. The molecule has 13 heteroatoms. The van der Waals surface area contributed by atoms with E-state index in [1.54, 1.807) is 31.6 Å². The van der Waals surface area contributed by atoms with Crippen LogP contribution in [0.25, 0.3) is 11.5 Å². The topological polar surface area (TPSA) is 91.0 Å². The van der Waals surface area contributed by atoms with Crippen LogP contribution in [0.15, 0.2) is 64.7 Å². The van der Waals surface area contributed by atoms with Crippen LogP contribution in [0.1, 0.15) is 71.4 Å². The van der Waals surface area contributed by atoms with Gasteiger partial charge in [-0.15, -0.1) is 5.10 Å². The van der Waals surface area contributed by atoms with E-state index in [1.807, 2.05) is 36.3 Å². The predicted molar refractivity (Wildman–Crippen MR) is 188 cm³/mol. The number of ether oxygens (including phenoxy) is 1. The van der Waals surface area contributed by atoms with Gasteiger partial charge in [-0.3, -0.25) is 5.01 Å². The van der Waals surface area contributed by atoms with E-state index in [0.29, 0.717) is 12.4 Å². The number of anilines is 1. The molecule has 0 saturated carbocycles. The van der Waals surface area contributed by atoms with Gasteiger partial charge in [0.25, 0.3) is 0 Å². The maximum atomic E-state index is 13.5. The highest BCUT2D eigenvalue weighted by molar-refractivity contribution is 7.97. The molecule has 9 nitrogen and oxygen atoms in total. The van der Waals surface area contributed by atoms with Gasteiger partial charge in [0.05, 0.1) is 5.41 Å². The molecule has 3 aromatic rings. The van der Waals surface area contributed by atoms with Crippen LogP contribution in [0, 0.1) is 10.8 Å². The second-order valence-electron chi connectivity index (χ2n) is 13.5. The van der Waals surface area contributed by atoms with Gasteiger partial charge in [0.1, 0.15) is 18.1 Å². The molecule has 0 radical (unpaired) electrons. The third-order valence-electron chi connectivity index (χ3n) is 8.21. The summed E-state index contributed by atoms with van der Waals surface area (Å²) in [6.07, 6.45) is 5.65. The lowest BCUT2D eigenvalue weighted by Crippen LogP contribution is -2.37. The molecule has 0 saturated heterocycles. The Morgan fingerprint density at radius 1 is 1.08 bits per heavy atom. The van der Waals surface area contributed by atoms with Crippen molar-refractivity contribution in [2.45, 2.75) is 77.8 Å². The Bertz CT molecular complexity index is 1550. The van der Waals surface area contributed by atoms with E-state index in [2.05, 4.69) is 45.8 Å². The molecule has 0 atom stereocenters. The maximum absolute atomic E-state index is 13.5. The summed E-state index contributed by atoms with van der Waals surface area (Å²) in [5.41, 5.74) is 0.520. The molecule has 4 rings (SSSR count). The zero-order valence-electron chi connectivity index (χ0n) is 28.7. The molecular weight excluding hydrogens is 639 g/mol. The molecule has 2 bridgehead atoms. The highest BCUT2D eigenvalue weighted by atomic mass is 32.2. The fraction of sp³-hybridized carbons (Fsp3) is 0.514. The number of rotatable bonds is 8. The first-order chi connectivity index (χ1) is 22.7. The third kappa shape index (κ3) is 9.76. The van der Waals surface area contributed by atoms with Gasteiger partial charge in [0.15, 0.2) is 5.82 Å². The first-order valence-electron chi connectivity index (χ1n) is 16.3. The summed E-state index contributed by atoms with van der Waals surface area (Å²) < 4.78 is 47.5. The fourth-order valence-corrected chi connectivity index (χ4v) is 5.85. The van der Waals surface area contributed by atoms with Crippen LogP contribution >= 0.6 is 11.9 Å². The average molecular weight is 688 g/mol. The van der Waals surface area contributed by atoms with Gasteiger partial charge < -0.3 is 14.7 Å². The van der Waals surface area contributed by atoms with Gasteiger partial charge in [-0.05, 0) is 69.7 Å². The van der Waals surface area contributed by atoms with Gasteiger partial charge in [-0.25, -0.2) is 14.7 Å². The first-order valence-corrected chi connectivity index (χ1v) is 17.1.